The van der Waals surface area contributed by atoms with Crippen LogP contribution in [-0.4, -0.2) is 59.5 Å². The molecule has 0 aliphatic rings. The molecule has 1 unspecified atom stereocenters. The number of nitro benzene ring substituents is 1. The molecule has 1 aromatic heterocycles. The van der Waals surface area contributed by atoms with Crippen LogP contribution >= 0.6 is 15.9 Å². The van der Waals surface area contributed by atoms with Gasteiger partial charge in [-0.3, -0.25) is 14.9 Å². The Labute approximate surface area is 203 Å². The Kier molecular flexibility index (Phi) is 8.29. The van der Waals surface area contributed by atoms with Crippen LogP contribution in [0.25, 0.3) is 10.9 Å². The normalized spacial score (nSPS) is 11.9. The van der Waals surface area contributed by atoms with Gasteiger partial charge in [-0.25, -0.2) is 14.4 Å². The van der Waals surface area contributed by atoms with Crippen molar-refractivity contribution in [2.24, 2.45) is 5.92 Å². The number of rotatable bonds is 10. The number of benzene rings is 2. The number of carbonyl (C=O) groups is 1. The zero-order valence-corrected chi connectivity index (χ0v) is 20.4. The van der Waals surface area contributed by atoms with Crippen molar-refractivity contribution in [2.75, 3.05) is 39.1 Å². The zero-order valence-electron chi connectivity index (χ0n) is 18.8. The van der Waals surface area contributed by atoms with Gasteiger partial charge in [-0.2, -0.15) is 0 Å². The molecule has 2 N–H and O–H groups in total. The van der Waals surface area contributed by atoms with Crippen molar-refractivity contribution in [1.82, 2.24) is 20.2 Å². The van der Waals surface area contributed by atoms with Crippen LogP contribution in [0.15, 0.2) is 41.1 Å². The minimum atomic E-state index is -0.580. The van der Waals surface area contributed by atoms with Crippen molar-refractivity contribution in [3.8, 4) is 5.75 Å². The molecule has 1 heterocycles. The van der Waals surface area contributed by atoms with Gasteiger partial charge in [-0.05, 0) is 32.3 Å². The Morgan fingerprint density at radius 1 is 1.29 bits per heavy atom. The number of carbonyl (C=O) groups excluding carboxylic acids is 1. The summed E-state index contributed by atoms with van der Waals surface area (Å²) >= 11 is 3.20. The second-order valence-electron chi connectivity index (χ2n) is 7.87. The predicted octanol–water partition coefficient (Wildman–Crippen LogP) is 3.88. The van der Waals surface area contributed by atoms with Gasteiger partial charge in [0.05, 0.1) is 28.1 Å². The Hall–Kier alpha value is -3.38. The van der Waals surface area contributed by atoms with Gasteiger partial charge >= 0.3 is 5.69 Å². The first-order chi connectivity index (χ1) is 16.2. The van der Waals surface area contributed by atoms with Crippen molar-refractivity contribution >= 4 is 49.9 Å². The number of ether oxygens (including phenoxy) is 1. The first-order valence-electron chi connectivity index (χ1n) is 10.4. The van der Waals surface area contributed by atoms with Gasteiger partial charge in [0.15, 0.2) is 5.75 Å². The topological polar surface area (TPSA) is 123 Å². The summed E-state index contributed by atoms with van der Waals surface area (Å²) in [7, 11) is 3.76. The van der Waals surface area contributed by atoms with Crippen molar-refractivity contribution in [2.45, 2.75) is 6.92 Å². The van der Waals surface area contributed by atoms with Crippen LogP contribution in [0.1, 0.15) is 6.92 Å². The van der Waals surface area contributed by atoms with E-state index in [-0.39, 0.29) is 47.9 Å². The fraction of sp³-hybridized carbons (Fsp3) is 0.318. The summed E-state index contributed by atoms with van der Waals surface area (Å²) < 4.78 is 20.4. The van der Waals surface area contributed by atoms with Gasteiger partial charge in [0.25, 0.3) is 0 Å². The molecule has 3 rings (SSSR count). The fourth-order valence-corrected chi connectivity index (χ4v) is 3.62. The highest BCUT2D eigenvalue weighted by molar-refractivity contribution is 9.10. The number of anilines is 2. The average molecular weight is 535 g/mol. The highest BCUT2D eigenvalue weighted by atomic mass is 79.9. The van der Waals surface area contributed by atoms with E-state index >= 15 is 0 Å². The van der Waals surface area contributed by atoms with E-state index in [1.54, 1.807) is 6.07 Å². The Balaban J connectivity index is 1.78. The van der Waals surface area contributed by atoms with Crippen LogP contribution in [0, 0.1) is 21.8 Å². The maximum atomic E-state index is 14.3. The van der Waals surface area contributed by atoms with E-state index < -0.39 is 10.7 Å². The van der Waals surface area contributed by atoms with Crippen LogP contribution in [0.3, 0.4) is 0 Å². The van der Waals surface area contributed by atoms with Crippen LogP contribution in [0.2, 0.25) is 0 Å². The lowest BCUT2D eigenvalue weighted by Crippen LogP contribution is -2.36. The van der Waals surface area contributed by atoms with E-state index in [9.17, 15) is 19.3 Å². The molecule has 1 amide bonds. The lowest BCUT2D eigenvalue weighted by molar-refractivity contribution is -0.385. The molecular weight excluding hydrogens is 511 g/mol. The summed E-state index contributed by atoms with van der Waals surface area (Å²) in [5.74, 6) is -0.634. The largest absolute Gasteiger partial charge is 0.485 e. The molecule has 0 aliphatic carbocycles. The molecular formula is C22H24BrFN6O4. The van der Waals surface area contributed by atoms with Crippen molar-refractivity contribution in [3.05, 3.63) is 57.1 Å². The van der Waals surface area contributed by atoms with Gasteiger partial charge < -0.3 is 20.3 Å². The molecule has 1 atom stereocenters. The number of hydrogen-bond acceptors (Lipinski definition) is 8. The van der Waals surface area contributed by atoms with Crippen LogP contribution in [-0.2, 0) is 4.79 Å². The van der Waals surface area contributed by atoms with E-state index in [1.165, 1.54) is 30.6 Å². The number of fused-ring (bicyclic) bond motifs is 1. The summed E-state index contributed by atoms with van der Waals surface area (Å²) in [6.07, 6.45) is 1.27. The molecule has 0 radical (unpaired) electrons. The molecule has 0 saturated heterocycles. The molecule has 12 heteroatoms. The first kappa shape index (κ1) is 25.2. The molecule has 0 fully saturated rings. The summed E-state index contributed by atoms with van der Waals surface area (Å²) in [5.41, 5.74) is 0.235. The number of halogens is 2. The summed E-state index contributed by atoms with van der Waals surface area (Å²) in [4.78, 5) is 33.4. The molecule has 0 bridgehead atoms. The van der Waals surface area contributed by atoms with E-state index in [2.05, 4.69) is 36.5 Å². The number of nitro groups is 1. The quantitative estimate of drug-likeness (QED) is 0.228. The van der Waals surface area contributed by atoms with Gasteiger partial charge in [0, 0.05) is 29.1 Å². The zero-order chi connectivity index (χ0) is 24.8. The van der Waals surface area contributed by atoms with E-state index in [0.717, 1.165) is 0 Å². The smallest absolute Gasteiger partial charge is 0.311 e. The Morgan fingerprint density at radius 2 is 2.06 bits per heavy atom. The molecule has 180 valence electrons. The highest BCUT2D eigenvalue weighted by Gasteiger charge is 2.20. The van der Waals surface area contributed by atoms with E-state index in [4.69, 9.17) is 4.74 Å². The number of aromatic nitrogens is 2. The lowest BCUT2D eigenvalue weighted by atomic mass is 10.1. The predicted molar refractivity (Wildman–Crippen MR) is 130 cm³/mol. The molecule has 2 aromatic carbocycles. The molecule has 0 aliphatic heterocycles. The van der Waals surface area contributed by atoms with Crippen molar-refractivity contribution in [1.29, 1.82) is 0 Å². The van der Waals surface area contributed by atoms with Crippen LogP contribution < -0.4 is 15.4 Å². The molecule has 3 aromatic rings. The van der Waals surface area contributed by atoms with Gasteiger partial charge in [0.1, 0.15) is 24.6 Å². The standard InChI is InChI=1S/C22H24BrFN6O4/c1-13(11-29(2)3)22(31)25-6-7-34-20-10-18-15(9-19(20)30(32)33)21(27-12-26-18)28-17-5-4-14(23)8-16(17)24/h4-5,8-10,12-13H,6-7,11H2,1-3H3,(H,25,31)(H,26,27,28). The third-order valence-electron chi connectivity index (χ3n) is 4.84. The molecule has 0 spiro atoms. The number of nitrogens with one attached hydrogen (secondary N) is 2. The third kappa shape index (κ3) is 6.35. The molecule has 10 nitrogen and oxygen atoms in total. The van der Waals surface area contributed by atoms with Crippen LogP contribution in [0.5, 0.6) is 5.75 Å². The Morgan fingerprint density at radius 3 is 2.74 bits per heavy atom. The maximum Gasteiger partial charge on any atom is 0.311 e. The minimum absolute atomic E-state index is 0.00700. The summed E-state index contributed by atoms with van der Waals surface area (Å²) in [6, 6.07) is 7.17. The van der Waals surface area contributed by atoms with Crippen LogP contribution in [0.4, 0.5) is 21.6 Å². The highest BCUT2D eigenvalue weighted by Crippen LogP contribution is 2.35. The number of hydrogen-bond donors (Lipinski definition) is 2. The fourth-order valence-electron chi connectivity index (χ4n) is 3.29. The third-order valence-corrected chi connectivity index (χ3v) is 5.34. The number of amides is 1. The average Bonchev–Trinajstić information content (AvgIpc) is 2.77. The van der Waals surface area contributed by atoms with E-state index in [1.807, 2.05) is 25.9 Å². The second-order valence-corrected chi connectivity index (χ2v) is 8.78. The Bertz CT molecular complexity index is 1210. The SMILES string of the molecule is CC(CN(C)C)C(=O)NCCOc1cc2ncnc(Nc3ccc(Br)cc3F)c2cc1[N+](=O)[O-]. The van der Waals surface area contributed by atoms with Crippen molar-refractivity contribution < 1.29 is 18.8 Å². The monoisotopic (exact) mass is 534 g/mol. The second kappa shape index (κ2) is 11.2. The van der Waals surface area contributed by atoms with Gasteiger partial charge in [0.2, 0.25) is 5.91 Å². The first-order valence-corrected chi connectivity index (χ1v) is 11.2. The van der Waals surface area contributed by atoms with Crippen molar-refractivity contribution in [3.63, 3.8) is 0 Å². The number of nitrogens with zero attached hydrogens (tertiary/aromatic N) is 4. The van der Waals surface area contributed by atoms with Gasteiger partial charge in [-0.1, -0.05) is 22.9 Å². The van der Waals surface area contributed by atoms with E-state index in [0.29, 0.717) is 21.9 Å². The minimum Gasteiger partial charge on any atom is -0.485 e. The molecule has 0 saturated carbocycles. The van der Waals surface area contributed by atoms with Gasteiger partial charge in [-0.15, -0.1) is 0 Å². The maximum absolute atomic E-state index is 14.3. The molecule has 34 heavy (non-hydrogen) atoms. The summed E-state index contributed by atoms with van der Waals surface area (Å²) in [6.45, 7) is 2.64. The summed E-state index contributed by atoms with van der Waals surface area (Å²) in [5, 5.41) is 17.6. The lowest BCUT2D eigenvalue weighted by Gasteiger charge is -2.16.